The molecule has 1 fully saturated rings. The maximum absolute atomic E-state index is 11.4. The van der Waals surface area contributed by atoms with Crippen molar-refractivity contribution in [2.45, 2.75) is 19.3 Å². The summed E-state index contributed by atoms with van der Waals surface area (Å²) in [4.78, 5) is 11.4. The lowest BCUT2D eigenvalue weighted by atomic mass is 10.2. The summed E-state index contributed by atoms with van der Waals surface area (Å²) in [6.07, 6.45) is 2.02. The van der Waals surface area contributed by atoms with Crippen molar-refractivity contribution in [3.8, 4) is 0 Å². The van der Waals surface area contributed by atoms with E-state index in [1.165, 1.54) is 0 Å². The van der Waals surface area contributed by atoms with Gasteiger partial charge in [0.05, 0.1) is 59.5 Å². The van der Waals surface area contributed by atoms with E-state index in [0.717, 1.165) is 12.8 Å². The smallest absolute Gasteiger partial charge is 0.305 e. The molecule has 22 heavy (non-hydrogen) atoms. The molecule has 1 aliphatic rings. The highest BCUT2D eigenvalue weighted by molar-refractivity contribution is 5.69. The maximum Gasteiger partial charge on any atom is 0.305 e. The van der Waals surface area contributed by atoms with E-state index in [1.807, 2.05) is 0 Å². The first-order chi connectivity index (χ1) is 10.9. The predicted octanol–water partition coefficient (Wildman–Crippen LogP) is 0.797. The van der Waals surface area contributed by atoms with Crippen molar-refractivity contribution in [3.05, 3.63) is 0 Å². The van der Waals surface area contributed by atoms with E-state index in [-0.39, 0.29) is 12.6 Å². The summed E-state index contributed by atoms with van der Waals surface area (Å²) < 4.78 is 31.8. The highest BCUT2D eigenvalue weighted by Crippen LogP contribution is 1.98. The minimum atomic E-state index is -0.189. The van der Waals surface area contributed by atoms with E-state index in [9.17, 15) is 4.79 Å². The van der Waals surface area contributed by atoms with E-state index in [2.05, 4.69) is 0 Å². The van der Waals surface area contributed by atoms with Gasteiger partial charge < -0.3 is 28.4 Å². The van der Waals surface area contributed by atoms with Crippen LogP contribution in [0, 0.1) is 0 Å². The first kappa shape index (κ1) is 19.3. The van der Waals surface area contributed by atoms with Crippen LogP contribution in [0.25, 0.3) is 0 Å². The van der Waals surface area contributed by atoms with E-state index in [0.29, 0.717) is 72.5 Å². The van der Waals surface area contributed by atoms with Gasteiger partial charge in [-0.3, -0.25) is 4.79 Å². The lowest BCUT2D eigenvalue weighted by molar-refractivity contribution is -0.145. The van der Waals surface area contributed by atoms with Gasteiger partial charge in [-0.15, -0.1) is 0 Å². The van der Waals surface area contributed by atoms with Crippen LogP contribution < -0.4 is 0 Å². The molecule has 0 spiro atoms. The van der Waals surface area contributed by atoms with E-state index in [1.54, 1.807) is 0 Å². The molecule has 1 saturated heterocycles. The standard InChI is InChI=1S/C15H28O7/c16-15-3-1-2-4-17-5-6-18-7-8-19-9-10-20-11-12-21-13-14-22-15/h1-14H2. The second-order valence-electron chi connectivity index (χ2n) is 4.74. The summed E-state index contributed by atoms with van der Waals surface area (Å²) in [5, 5.41) is 0. The molecule has 0 aromatic carbocycles. The molecule has 7 nitrogen and oxygen atoms in total. The fraction of sp³-hybridized carbons (Fsp3) is 0.933. The van der Waals surface area contributed by atoms with Gasteiger partial charge in [0, 0.05) is 13.0 Å². The van der Waals surface area contributed by atoms with Gasteiger partial charge in [0.2, 0.25) is 0 Å². The molecule has 0 saturated carbocycles. The van der Waals surface area contributed by atoms with Gasteiger partial charge in [-0.1, -0.05) is 0 Å². The van der Waals surface area contributed by atoms with Gasteiger partial charge >= 0.3 is 5.97 Å². The summed E-state index contributed by atoms with van der Waals surface area (Å²) in [5.74, 6) is -0.189. The maximum atomic E-state index is 11.4. The lowest BCUT2D eigenvalue weighted by Gasteiger charge is -2.07. The van der Waals surface area contributed by atoms with Crippen LogP contribution in [0.3, 0.4) is 0 Å². The molecular formula is C15H28O7. The molecule has 0 unspecified atom stereocenters. The number of carbonyl (C=O) groups is 1. The first-order valence-electron chi connectivity index (χ1n) is 7.94. The summed E-state index contributed by atoms with van der Waals surface area (Å²) in [6, 6.07) is 0. The third-order valence-electron chi connectivity index (χ3n) is 2.90. The summed E-state index contributed by atoms with van der Waals surface area (Å²) >= 11 is 0. The van der Waals surface area contributed by atoms with E-state index in [4.69, 9.17) is 28.4 Å². The van der Waals surface area contributed by atoms with Gasteiger partial charge in [-0.25, -0.2) is 0 Å². The van der Waals surface area contributed by atoms with E-state index < -0.39 is 0 Å². The van der Waals surface area contributed by atoms with Crippen molar-refractivity contribution >= 4 is 5.97 Å². The fourth-order valence-electron chi connectivity index (χ4n) is 1.74. The van der Waals surface area contributed by atoms with Crippen LogP contribution >= 0.6 is 0 Å². The molecule has 1 rings (SSSR count). The Kier molecular flexibility index (Phi) is 13.3. The summed E-state index contributed by atoms with van der Waals surface area (Å²) in [6.45, 7) is 5.60. The van der Waals surface area contributed by atoms with Gasteiger partial charge in [0.1, 0.15) is 6.61 Å². The number of carbonyl (C=O) groups excluding carboxylic acids is 1. The average Bonchev–Trinajstić information content (AvgIpc) is 2.52. The van der Waals surface area contributed by atoms with Gasteiger partial charge in [0.15, 0.2) is 0 Å². The molecule has 0 aliphatic carbocycles. The summed E-state index contributed by atoms with van der Waals surface area (Å²) in [5.41, 5.74) is 0. The Labute approximate surface area is 132 Å². The Bertz CT molecular complexity index is 236. The third kappa shape index (κ3) is 13.0. The topological polar surface area (TPSA) is 72.5 Å². The molecule has 130 valence electrons. The summed E-state index contributed by atoms with van der Waals surface area (Å²) in [7, 11) is 0. The van der Waals surface area contributed by atoms with E-state index >= 15 is 0 Å². The zero-order valence-corrected chi connectivity index (χ0v) is 13.3. The second-order valence-corrected chi connectivity index (χ2v) is 4.74. The molecule has 0 aromatic rings. The van der Waals surface area contributed by atoms with Crippen LogP contribution in [0.15, 0.2) is 0 Å². The largest absolute Gasteiger partial charge is 0.463 e. The molecular weight excluding hydrogens is 292 g/mol. The highest BCUT2D eigenvalue weighted by Gasteiger charge is 2.02. The Hall–Kier alpha value is -0.730. The zero-order chi connectivity index (χ0) is 15.7. The number of cyclic esters (lactones) is 1. The van der Waals surface area contributed by atoms with Gasteiger partial charge in [-0.05, 0) is 12.8 Å². The van der Waals surface area contributed by atoms with Crippen molar-refractivity contribution in [3.63, 3.8) is 0 Å². The van der Waals surface area contributed by atoms with Crippen LogP contribution in [0.5, 0.6) is 0 Å². The monoisotopic (exact) mass is 320 g/mol. The SMILES string of the molecule is O=C1CCCCOCCOCCOCCOCCOCCO1. The normalized spacial score (nSPS) is 23.2. The Morgan fingerprint density at radius 1 is 0.500 bits per heavy atom. The zero-order valence-electron chi connectivity index (χ0n) is 13.3. The molecule has 0 bridgehead atoms. The molecule has 0 amide bonds. The average molecular weight is 320 g/mol. The van der Waals surface area contributed by atoms with Crippen LogP contribution in [-0.2, 0) is 33.2 Å². The number of esters is 1. The number of hydrogen-bond donors (Lipinski definition) is 0. The molecule has 0 aromatic heterocycles. The van der Waals surface area contributed by atoms with Gasteiger partial charge in [0.25, 0.3) is 0 Å². The predicted molar refractivity (Wildman–Crippen MR) is 78.9 cm³/mol. The lowest BCUT2D eigenvalue weighted by Crippen LogP contribution is -2.14. The van der Waals surface area contributed by atoms with Gasteiger partial charge in [-0.2, -0.15) is 0 Å². The Morgan fingerprint density at radius 2 is 0.909 bits per heavy atom. The molecule has 0 atom stereocenters. The van der Waals surface area contributed by atoms with Crippen LogP contribution in [0.4, 0.5) is 0 Å². The molecule has 7 heteroatoms. The van der Waals surface area contributed by atoms with Crippen molar-refractivity contribution in [1.82, 2.24) is 0 Å². The van der Waals surface area contributed by atoms with Crippen LogP contribution in [0.1, 0.15) is 19.3 Å². The highest BCUT2D eigenvalue weighted by atomic mass is 16.6. The number of hydrogen-bond acceptors (Lipinski definition) is 7. The molecule has 1 aliphatic heterocycles. The minimum absolute atomic E-state index is 0.189. The van der Waals surface area contributed by atoms with Crippen LogP contribution in [-0.4, -0.2) is 78.6 Å². The van der Waals surface area contributed by atoms with Crippen LogP contribution in [0.2, 0.25) is 0 Å². The first-order valence-corrected chi connectivity index (χ1v) is 7.94. The molecule has 0 radical (unpaired) electrons. The number of rotatable bonds is 0. The van der Waals surface area contributed by atoms with Crippen molar-refractivity contribution < 1.29 is 33.2 Å². The Morgan fingerprint density at radius 3 is 1.41 bits per heavy atom. The molecule has 1 heterocycles. The quantitative estimate of drug-likeness (QED) is 0.611. The fourth-order valence-corrected chi connectivity index (χ4v) is 1.74. The minimum Gasteiger partial charge on any atom is -0.463 e. The number of ether oxygens (including phenoxy) is 6. The van der Waals surface area contributed by atoms with Crippen molar-refractivity contribution in [2.75, 3.05) is 72.7 Å². The van der Waals surface area contributed by atoms with Crippen molar-refractivity contribution in [1.29, 1.82) is 0 Å². The Balaban J connectivity index is 2.09. The third-order valence-corrected chi connectivity index (χ3v) is 2.90. The van der Waals surface area contributed by atoms with Crippen molar-refractivity contribution in [2.24, 2.45) is 0 Å². The second kappa shape index (κ2) is 15.2. The molecule has 0 N–H and O–H groups in total.